The van der Waals surface area contributed by atoms with Gasteiger partial charge in [0.1, 0.15) is 0 Å². The zero-order valence-corrected chi connectivity index (χ0v) is 11.6. The monoisotopic (exact) mass is 257 g/mol. The van der Waals surface area contributed by atoms with Crippen molar-refractivity contribution in [1.82, 2.24) is 4.90 Å². The fraction of sp³-hybridized carbons (Fsp3) is 0.588. The minimum absolute atomic E-state index is 0.330. The molecule has 1 unspecified atom stereocenters. The Hall–Kier alpha value is -1.31. The first-order valence-corrected chi connectivity index (χ1v) is 7.72. The molecule has 2 nitrogen and oxygen atoms in total. The van der Waals surface area contributed by atoms with Gasteiger partial charge in [-0.1, -0.05) is 56.0 Å². The van der Waals surface area contributed by atoms with E-state index in [2.05, 4.69) is 35.2 Å². The van der Waals surface area contributed by atoms with Crippen molar-refractivity contribution < 1.29 is 4.79 Å². The Balaban J connectivity index is 1.82. The molecule has 1 saturated carbocycles. The van der Waals surface area contributed by atoms with Crippen LogP contribution in [-0.2, 0) is 4.79 Å². The topological polar surface area (TPSA) is 20.3 Å². The van der Waals surface area contributed by atoms with Gasteiger partial charge in [0.25, 0.3) is 0 Å². The molecule has 0 aromatic heterocycles. The van der Waals surface area contributed by atoms with Crippen LogP contribution in [0, 0.1) is 0 Å². The number of hydrogen-bond donors (Lipinski definition) is 0. The summed E-state index contributed by atoms with van der Waals surface area (Å²) in [6.45, 7) is 0. The lowest BCUT2D eigenvalue weighted by Crippen LogP contribution is -2.37. The molecule has 102 valence electrons. The molecule has 1 atom stereocenters. The Morgan fingerprint density at radius 1 is 0.895 bits per heavy atom. The molecule has 1 saturated heterocycles. The zero-order valence-electron chi connectivity index (χ0n) is 11.6. The minimum atomic E-state index is 0.330. The first-order valence-electron chi connectivity index (χ1n) is 7.72. The largest absolute Gasteiger partial charge is 0.333 e. The molecule has 0 bridgehead atoms. The van der Waals surface area contributed by atoms with Crippen LogP contribution in [-0.4, -0.2) is 16.8 Å². The Bertz CT molecular complexity index is 420. The Morgan fingerprint density at radius 3 is 2.26 bits per heavy atom. The summed E-state index contributed by atoms with van der Waals surface area (Å²) in [7, 11) is 0. The molecular formula is C17H23NO. The summed E-state index contributed by atoms with van der Waals surface area (Å²) in [5, 5.41) is 0. The second kappa shape index (κ2) is 5.77. The summed E-state index contributed by atoms with van der Waals surface area (Å²) in [5.74, 6) is 0.376. The van der Waals surface area contributed by atoms with Crippen LogP contribution in [0.3, 0.4) is 0 Å². The number of carbonyl (C=O) groups is 1. The molecule has 2 aliphatic rings. The van der Waals surface area contributed by atoms with Crippen LogP contribution in [0.1, 0.15) is 63.0 Å². The highest BCUT2D eigenvalue weighted by Gasteiger charge is 2.36. The van der Waals surface area contributed by atoms with Crippen molar-refractivity contribution in [2.24, 2.45) is 0 Å². The van der Waals surface area contributed by atoms with Crippen molar-refractivity contribution in [3.63, 3.8) is 0 Å². The van der Waals surface area contributed by atoms with Gasteiger partial charge < -0.3 is 4.90 Å². The average Bonchev–Trinajstić information content (AvgIpc) is 2.66. The van der Waals surface area contributed by atoms with E-state index in [1.54, 1.807) is 0 Å². The van der Waals surface area contributed by atoms with Gasteiger partial charge in [-0.25, -0.2) is 0 Å². The van der Waals surface area contributed by atoms with E-state index >= 15 is 0 Å². The predicted molar refractivity (Wildman–Crippen MR) is 76.8 cm³/mol. The summed E-state index contributed by atoms with van der Waals surface area (Å²) >= 11 is 0. The lowest BCUT2D eigenvalue weighted by Gasteiger charge is -2.33. The van der Waals surface area contributed by atoms with Crippen molar-refractivity contribution >= 4 is 5.91 Å². The molecule has 1 aromatic rings. The molecule has 1 aliphatic heterocycles. The Kier molecular flexibility index (Phi) is 3.86. The fourth-order valence-electron chi connectivity index (χ4n) is 3.70. The molecule has 19 heavy (non-hydrogen) atoms. The van der Waals surface area contributed by atoms with Crippen molar-refractivity contribution in [2.45, 2.75) is 63.5 Å². The van der Waals surface area contributed by atoms with Gasteiger partial charge in [-0.2, -0.15) is 0 Å². The third kappa shape index (κ3) is 2.68. The molecule has 0 radical (unpaired) electrons. The third-order valence-electron chi connectivity index (χ3n) is 4.66. The van der Waals surface area contributed by atoms with Gasteiger partial charge in [-0.15, -0.1) is 0 Å². The maximum atomic E-state index is 12.3. The number of nitrogens with zero attached hydrogens (tertiary/aromatic N) is 1. The van der Waals surface area contributed by atoms with Gasteiger partial charge >= 0.3 is 0 Å². The van der Waals surface area contributed by atoms with Crippen molar-refractivity contribution in [3.05, 3.63) is 35.9 Å². The molecule has 1 amide bonds. The molecule has 1 aromatic carbocycles. The average molecular weight is 257 g/mol. The zero-order chi connectivity index (χ0) is 13.1. The van der Waals surface area contributed by atoms with Gasteiger partial charge in [-0.3, -0.25) is 4.79 Å². The van der Waals surface area contributed by atoms with E-state index in [1.165, 1.54) is 44.1 Å². The first-order chi connectivity index (χ1) is 9.36. The molecule has 1 heterocycles. The summed E-state index contributed by atoms with van der Waals surface area (Å²) in [4.78, 5) is 14.5. The standard InChI is InChI=1S/C17H23NO/c19-17-13-12-16(14-8-4-3-5-9-14)18(17)15-10-6-1-2-7-11-15/h3-5,8-9,15-16H,1-2,6-7,10-13H2. The Morgan fingerprint density at radius 2 is 1.58 bits per heavy atom. The highest BCUT2D eigenvalue weighted by atomic mass is 16.2. The summed E-state index contributed by atoms with van der Waals surface area (Å²) in [6, 6.07) is 11.4. The smallest absolute Gasteiger partial charge is 0.223 e. The van der Waals surface area contributed by atoms with Gasteiger partial charge in [-0.05, 0) is 24.8 Å². The highest BCUT2D eigenvalue weighted by molar-refractivity contribution is 5.79. The van der Waals surface area contributed by atoms with E-state index in [0.717, 1.165) is 12.8 Å². The van der Waals surface area contributed by atoms with Gasteiger partial charge in [0.05, 0.1) is 6.04 Å². The number of amides is 1. The molecular weight excluding hydrogens is 234 g/mol. The lowest BCUT2D eigenvalue weighted by atomic mass is 10.0. The fourth-order valence-corrected chi connectivity index (χ4v) is 3.70. The third-order valence-corrected chi connectivity index (χ3v) is 4.66. The van der Waals surface area contributed by atoms with Crippen LogP contribution < -0.4 is 0 Å². The number of likely N-dealkylation sites (tertiary alicyclic amines) is 1. The number of benzene rings is 1. The van der Waals surface area contributed by atoms with Crippen molar-refractivity contribution in [3.8, 4) is 0 Å². The summed E-state index contributed by atoms with van der Waals surface area (Å²) in [5.41, 5.74) is 1.32. The first kappa shape index (κ1) is 12.7. The molecule has 2 heteroatoms. The number of carbonyl (C=O) groups excluding carboxylic acids is 1. The summed E-state index contributed by atoms with van der Waals surface area (Å²) in [6.07, 6.45) is 9.40. The van der Waals surface area contributed by atoms with Gasteiger partial charge in [0, 0.05) is 12.5 Å². The van der Waals surface area contributed by atoms with Crippen LogP contribution in [0.4, 0.5) is 0 Å². The molecule has 3 rings (SSSR count). The van der Waals surface area contributed by atoms with Crippen LogP contribution in [0.2, 0.25) is 0 Å². The van der Waals surface area contributed by atoms with E-state index in [4.69, 9.17) is 0 Å². The van der Waals surface area contributed by atoms with E-state index in [1.807, 2.05) is 0 Å². The molecule has 1 aliphatic carbocycles. The number of hydrogen-bond acceptors (Lipinski definition) is 1. The summed E-state index contributed by atoms with van der Waals surface area (Å²) < 4.78 is 0. The number of rotatable bonds is 2. The van der Waals surface area contributed by atoms with Crippen LogP contribution in [0.25, 0.3) is 0 Å². The molecule has 0 N–H and O–H groups in total. The maximum Gasteiger partial charge on any atom is 0.223 e. The van der Waals surface area contributed by atoms with E-state index in [9.17, 15) is 4.79 Å². The lowest BCUT2D eigenvalue weighted by molar-refractivity contribution is -0.131. The quantitative estimate of drug-likeness (QED) is 0.731. The SMILES string of the molecule is O=C1CCC(c2ccccc2)N1C1CCCCCC1. The van der Waals surface area contributed by atoms with E-state index in [-0.39, 0.29) is 0 Å². The van der Waals surface area contributed by atoms with Crippen molar-refractivity contribution in [1.29, 1.82) is 0 Å². The van der Waals surface area contributed by atoms with Crippen LogP contribution in [0.5, 0.6) is 0 Å². The highest BCUT2D eigenvalue weighted by Crippen LogP contribution is 2.37. The normalized spacial score (nSPS) is 25.6. The second-order valence-corrected chi connectivity index (χ2v) is 5.91. The van der Waals surface area contributed by atoms with Gasteiger partial charge in [0.15, 0.2) is 0 Å². The second-order valence-electron chi connectivity index (χ2n) is 5.91. The molecule has 0 spiro atoms. The van der Waals surface area contributed by atoms with Gasteiger partial charge in [0.2, 0.25) is 5.91 Å². The molecule has 2 fully saturated rings. The minimum Gasteiger partial charge on any atom is -0.333 e. The predicted octanol–water partition coefficient (Wildman–Crippen LogP) is 4.07. The van der Waals surface area contributed by atoms with Crippen LogP contribution >= 0.6 is 0 Å². The maximum absolute atomic E-state index is 12.3. The van der Waals surface area contributed by atoms with E-state index in [0.29, 0.717) is 18.0 Å². The van der Waals surface area contributed by atoms with E-state index < -0.39 is 0 Å². The Labute approximate surface area is 115 Å². The van der Waals surface area contributed by atoms with Crippen LogP contribution in [0.15, 0.2) is 30.3 Å². The van der Waals surface area contributed by atoms with Crippen molar-refractivity contribution in [2.75, 3.05) is 0 Å².